The Morgan fingerprint density at radius 3 is 2.50 bits per heavy atom. The number of hydrogen-bond donors (Lipinski definition) is 2. The van der Waals surface area contributed by atoms with Crippen LogP contribution in [0, 0.1) is 0 Å². The maximum atomic E-state index is 12.9. The number of thioether (sulfide) groups is 1. The molecule has 2 N–H and O–H groups in total. The normalized spacial score (nSPS) is 12.7. The summed E-state index contributed by atoms with van der Waals surface area (Å²) in [7, 11) is 0. The van der Waals surface area contributed by atoms with Gasteiger partial charge in [-0.3, -0.25) is 4.79 Å². The maximum Gasteiger partial charge on any atom is 0.453 e. The minimum atomic E-state index is -4.72. The maximum absolute atomic E-state index is 12.9. The van der Waals surface area contributed by atoms with Gasteiger partial charge in [0, 0.05) is 0 Å². The van der Waals surface area contributed by atoms with Crippen LogP contribution in [-0.4, -0.2) is 42.5 Å². The molecule has 12 heteroatoms. The first-order valence-corrected chi connectivity index (χ1v) is 8.74. The Labute approximate surface area is 159 Å². The number of nitrogens with one attached hydrogen (secondary N) is 1. The summed E-state index contributed by atoms with van der Waals surface area (Å²) >= 11 is 0.855. The van der Waals surface area contributed by atoms with Crippen LogP contribution in [0.2, 0.25) is 0 Å². The number of halogens is 3. The molecule has 3 aromatic rings. The molecular formula is C16H12F3N5O3S. The number of aliphatic carboxylic acids is 1. The Balaban J connectivity index is 1.69. The van der Waals surface area contributed by atoms with Crippen molar-refractivity contribution in [2.45, 2.75) is 17.2 Å². The molecule has 0 fully saturated rings. The molecule has 0 radical (unpaired) electrons. The molecule has 0 saturated heterocycles. The summed E-state index contributed by atoms with van der Waals surface area (Å²) in [5.74, 6) is -3.35. The molecular weight excluding hydrogens is 399 g/mol. The third-order valence-corrected chi connectivity index (χ3v) is 4.45. The van der Waals surface area contributed by atoms with Gasteiger partial charge in [-0.05, 0) is 17.7 Å². The predicted octanol–water partition coefficient (Wildman–Crippen LogP) is 2.18. The highest BCUT2D eigenvalue weighted by Crippen LogP contribution is 2.28. The van der Waals surface area contributed by atoms with E-state index in [-0.39, 0.29) is 16.4 Å². The Hall–Kier alpha value is -3.15. The van der Waals surface area contributed by atoms with Gasteiger partial charge in [0.1, 0.15) is 5.03 Å². The molecule has 0 aliphatic carbocycles. The Kier molecular flexibility index (Phi) is 5.49. The van der Waals surface area contributed by atoms with Gasteiger partial charge in [-0.25, -0.2) is 4.79 Å². The van der Waals surface area contributed by atoms with Gasteiger partial charge in [0.15, 0.2) is 11.7 Å². The standard InChI is InChI=1S/C16H12F3N5O3S/c17-16(18,19)15-22-21-10-6-7-12(23-24(10)15)28-8-11(25)20-13(14(26)27)9-4-2-1-3-5-9/h1-7,13H,8H2,(H,20,25)(H,26,27)/t13-/m0/s1. The molecule has 146 valence electrons. The molecule has 0 unspecified atom stereocenters. The number of hydrogen-bond acceptors (Lipinski definition) is 6. The average Bonchev–Trinajstić information content (AvgIpc) is 3.08. The van der Waals surface area contributed by atoms with E-state index >= 15 is 0 Å². The van der Waals surface area contributed by atoms with Crippen LogP contribution in [-0.2, 0) is 15.8 Å². The third kappa shape index (κ3) is 4.39. The number of nitrogens with zero attached hydrogens (tertiary/aromatic N) is 4. The minimum Gasteiger partial charge on any atom is -0.479 e. The van der Waals surface area contributed by atoms with Crippen molar-refractivity contribution in [2.75, 3.05) is 5.75 Å². The van der Waals surface area contributed by atoms with Crippen LogP contribution in [0.1, 0.15) is 17.4 Å². The van der Waals surface area contributed by atoms with Crippen LogP contribution in [0.4, 0.5) is 13.2 Å². The first kappa shape index (κ1) is 19.6. The van der Waals surface area contributed by atoms with E-state index in [1.165, 1.54) is 12.1 Å². The fourth-order valence-corrected chi connectivity index (χ4v) is 2.97. The van der Waals surface area contributed by atoms with Crippen molar-refractivity contribution in [3.05, 3.63) is 53.9 Å². The second kappa shape index (κ2) is 7.84. The van der Waals surface area contributed by atoms with Crippen molar-refractivity contribution in [3.8, 4) is 0 Å². The number of rotatable bonds is 6. The second-order valence-corrected chi connectivity index (χ2v) is 6.50. The van der Waals surface area contributed by atoms with E-state index in [2.05, 4.69) is 20.6 Å². The fourth-order valence-electron chi connectivity index (χ4n) is 2.30. The molecule has 8 nitrogen and oxygen atoms in total. The van der Waals surface area contributed by atoms with Crippen LogP contribution in [0.15, 0.2) is 47.5 Å². The van der Waals surface area contributed by atoms with E-state index < -0.39 is 29.9 Å². The fraction of sp³-hybridized carbons (Fsp3) is 0.188. The second-order valence-electron chi connectivity index (χ2n) is 5.50. The molecule has 1 amide bonds. The molecule has 0 spiro atoms. The summed E-state index contributed by atoms with van der Waals surface area (Å²) in [5, 5.41) is 22.0. The molecule has 28 heavy (non-hydrogen) atoms. The van der Waals surface area contributed by atoms with Crippen molar-refractivity contribution in [1.82, 2.24) is 25.1 Å². The number of benzene rings is 1. The molecule has 2 aromatic heterocycles. The lowest BCUT2D eigenvalue weighted by atomic mass is 10.1. The number of alkyl halides is 3. The van der Waals surface area contributed by atoms with Gasteiger partial charge < -0.3 is 10.4 Å². The van der Waals surface area contributed by atoms with Gasteiger partial charge in [-0.2, -0.15) is 22.8 Å². The van der Waals surface area contributed by atoms with E-state index in [0.717, 1.165) is 11.8 Å². The molecule has 0 bridgehead atoms. The zero-order valence-electron chi connectivity index (χ0n) is 13.9. The first-order chi connectivity index (χ1) is 13.3. The first-order valence-electron chi connectivity index (χ1n) is 7.75. The van der Waals surface area contributed by atoms with Crippen LogP contribution in [0.3, 0.4) is 0 Å². The van der Waals surface area contributed by atoms with Crippen LogP contribution in [0.25, 0.3) is 5.65 Å². The van der Waals surface area contributed by atoms with Crippen molar-refractivity contribution in [2.24, 2.45) is 0 Å². The quantitative estimate of drug-likeness (QED) is 0.599. The van der Waals surface area contributed by atoms with E-state index in [0.29, 0.717) is 10.1 Å². The van der Waals surface area contributed by atoms with Crippen molar-refractivity contribution in [1.29, 1.82) is 0 Å². The summed E-state index contributed by atoms with van der Waals surface area (Å²) in [5.41, 5.74) is 0.309. The Bertz CT molecular complexity index is 1010. The minimum absolute atomic E-state index is 0.0869. The van der Waals surface area contributed by atoms with Gasteiger partial charge >= 0.3 is 12.1 Å². The lowest BCUT2D eigenvalue weighted by Crippen LogP contribution is -2.34. The highest BCUT2D eigenvalue weighted by molar-refractivity contribution is 7.99. The predicted molar refractivity (Wildman–Crippen MR) is 91.5 cm³/mol. The summed E-state index contributed by atoms with van der Waals surface area (Å²) < 4.78 is 39.2. The Morgan fingerprint density at radius 2 is 1.86 bits per heavy atom. The average molecular weight is 411 g/mol. The summed E-state index contributed by atoms with van der Waals surface area (Å²) in [4.78, 5) is 23.5. The molecule has 0 aliphatic rings. The smallest absolute Gasteiger partial charge is 0.453 e. The molecule has 0 saturated carbocycles. The zero-order valence-corrected chi connectivity index (χ0v) is 14.7. The number of carbonyl (C=O) groups excluding carboxylic acids is 1. The van der Waals surface area contributed by atoms with E-state index in [1.54, 1.807) is 30.3 Å². The number of amides is 1. The van der Waals surface area contributed by atoms with E-state index in [1.807, 2.05) is 0 Å². The largest absolute Gasteiger partial charge is 0.479 e. The van der Waals surface area contributed by atoms with Gasteiger partial charge in [-0.1, -0.05) is 42.1 Å². The van der Waals surface area contributed by atoms with Crippen LogP contribution in [0.5, 0.6) is 0 Å². The molecule has 3 rings (SSSR count). The topological polar surface area (TPSA) is 109 Å². The van der Waals surface area contributed by atoms with Gasteiger partial charge in [0.2, 0.25) is 5.91 Å². The summed E-state index contributed by atoms with van der Waals surface area (Å²) in [6.45, 7) is 0. The molecule has 2 heterocycles. The summed E-state index contributed by atoms with van der Waals surface area (Å²) in [6.07, 6.45) is -4.72. The molecule has 1 aromatic carbocycles. The van der Waals surface area contributed by atoms with E-state index in [9.17, 15) is 27.9 Å². The third-order valence-electron chi connectivity index (χ3n) is 3.53. The van der Waals surface area contributed by atoms with Gasteiger partial charge in [-0.15, -0.1) is 10.2 Å². The number of carbonyl (C=O) groups is 2. The van der Waals surface area contributed by atoms with Crippen molar-refractivity contribution < 1.29 is 27.9 Å². The lowest BCUT2D eigenvalue weighted by molar-refractivity contribution is -0.146. The van der Waals surface area contributed by atoms with Crippen LogP contribution >= 0.6 is 11.8 Å². The van der Waals surface area contributed by atoms with Crippen molar-refractivity contribution >= 4 is 29.3 Å². The molecule has 0 aliphatic heterocycles. The number of fused-ring (bicyclic) bond motifs is 1. The molecule has 1 atom stereocenters. The number of carboxylic acids is 1. The SMILES string of the molecule is O=C(CSc1ccc2nnc(C(F)(F)F)n2n1)N[C@H](C(=O)O)c1ccccc1. The highest BCUT2D eigenvalue weighted by atomic mass is 32.2. The lowest BCUT2D eigenvalue weighted by Gasteiger charge is -2.14. The highest BCUT2D eigenvalue weighted by Gasteiger charge is 2.37. The summed E-state index contributed by atoms with van der Waals surface area (Å²) in [6, 6.07) is 9.57. The van der Waals surface area contributed by atoms with Crippen molar-refractivity contribution in [3.63, 3.8) is 0 Å². The number of carboxylic acid groups (broad SMARTS) is 1. The van der Waals surface area contributed by atoms with Crippen LogP contribution < -0.4 is 5.32 Å². The number of aromatic nitrogens is 4. The van der Waals surface area contributed by atoms with Gasteiger partial charge in [0.05, 0.1) is 5.75 Å². The Morgan fingerprint density at radius 1 is 1.14 bits per heavy atom. The van der Waals surface area contributed by atoms with E-state index in [4.69, 9.17) is 0 Å². The zero-order chi connectivity index (χ0) is 20.3. The monoisotopic (exact) mass is 411 g/mol. The van der Waals surface area contributed by atoms with Gasteiger partial charge in [0.25, 0.3) is 5.82 Å².